The quantitative estimate of drug-likeness (QED) is 0.495. The molecule has 4 rings (SSSR count). The topological polar surface area (TPSA) is 105 Å². The summed E-state index contributed by atoms with van der Waals surface area (Å²) in [5.41, 5.74) is 1.16. The summed E-state index contributed by atoms with van der Waals surface area (Å²) < 4.78 is 32.9. The van der Waals surface area contributed by atoms with Crippen LogP contribution >= 0.6 is 15.9 Å². The van der Waals surface area contributed by atoms with Gasteiger partial charge in [0, 0.05) is 5.39 Å². The van der Waals surface area contributed by atoms with Gasteiger partial charge in [-0.2, -0.15) is 0 Å². The molecule has 0 unspecified atom stereocenters. The van der Waals surface area contributed by atoms with Gasteiger partial charge in [0.15, 0.2) is 0 Å². The van der Waals surface area contributed by atoms with E-state index in [1.807, 2.05) is 12.1 Å². The van der Waals surface area contributed by atoms with E-state index in [1.165, 1.54) is 24.3 Å². The van der Waals surface area contributed by atoms with Gasteiger partial charge in [-0.15, -0.1) is 0 Å². The van der Waals surface area contributed by atoms with Gasteiger partial charge in [-0.3, -0.25) is 0 Å². The standard InChI is InChI=1S/C16H10BrN3O4S/c17-11-8-9-7-10(5-6-14(9)24-15(11)21)25(22,23)20-16-18-12-3-1-2-4-13(12)19-16/h1-8H,(H2,18,19,20). The van der Waals surface area contributed by atoms with Crippen LogP contribution in [0.3, 0.4) is 0 Å². The molecule has 9 heteroatoms. The first-order chi connectivity index (χ1) is 11.9. The number of hydrogen-bond donors (Lipinski definition) is 2. The highest BCUT2D eigenvalue weighted by Gasteiger charge is 2.17. The number of rotatable bonds is 3. The van der Waals surface area contributed by atoms with Crippen LogP contribution in [0.15, 0.2) is 67.1 Å². The number of hydrogen-bond acceptors (Lipinski definition) is 5. The monoisotopic (exact) mass is 419 g/mol. The molecule has 0 aliphatic rings. The van der Waals surface area contributed by atoms with Crippen molar-refractivity contribution in [1.29, 1.82) is 0 Å². The predicted molar refractivity (Wildman–Crippen MR) is 97.1 cm³/mol. The van der Waals surface area contributed by atoms with Crippen molar-refractivity contribution in [3.05, 3.63) is 63.4 Å². The minimum Gasteiger partial charge on any atom is -0.422 e. The maximum Gasteiger partial charge on any atom is 0.350 e. The number of benzene rings is 2. The Balaban J connectivity index is 1.75. The van der Waals surface area contributed by atoms with Crippen LogP contribution in [0.5, 0.6) is 0 Å². The molecular weight excluding hydrogens is 410 g/mol. The van der Waals surface area contributed by atoms with Gasteiger partial charge in [-0.25, -0.2) is 22.9 Å². The molecule has 0 aliphatic carbocycles. The van der Waals surface area contributed by atoms with Crippen molar-refractivity contribution in [1.82, 2.24) is 9.97 Å². The third kappa shape index (κ3) is 2.92. The minimum atomic E-state index is -3.85. The molecule has 2 aromatic heterocycles. The van der Waals surface area contributed by atoms with Crippen LogP contribution in [0.1, 0.15) is 0 Å². The Labute approximate surface area is 149 Å². The third-order valence-electron chi connectivity index (χ3n) is 3.59. The summed E-state index contributed by atoms with van der Waals surface area (Å²) in [4.78, 5) is 18.6. The molecule has 0 bridgehead atoms. The summed E-state index contributed by atoms with van der Waals surface area (Å²) in [5.74, 6) is 0.127. The molecule has 4 aromatic rings. The number of nitrogens with one attached hydrogen (secondary N) is 2. The van der Waals surface area contributed by atoms with Gasteiger partial charge in [-0.1, -0.05) is 12.1 Å². The van der Waals surface area contributed by atoms with E-state index >= 15 is 0 Å². The van der Waals surface area contributed by atoms with Gasteiger partial charge in [0.1, 0.15) is 10.1 Å². The van der Waals surface area contributed by atoms with E-state index in [9.17, 15) is 13.2 Å². The lowest BCUT2D eigenvalue weighted by atomic mass is 10.2. The van der Waals surface area contributed by atoms with E-state index in [4.69, 9.17) is 4.42 Å². The van der Waals surface area contributed by atoms with Crippen molar-refractivity contribution in [3.8, 4) is 0 Å². The number of para-hydroxylation sites is 2. The molecule has 0 fully saturated rings. The van der Waals surface area contributed by atoms with Crippen LogP contribution in [0.2, 0.25) is 0 Å². The molecule has 0 saturated heterocycles. The molecular formula is C16H10BrN3O4S. The first-order valence-corrected chi connectivity index (χ1v) is 9.41. The van der Waals surface area contributed by atoms with Crippen LogP contribution in [0.25, 0.3) is 22.0 Å². The van der Waals surface area contributed by atoms with Crippen LogP contribution in [0, 0.1) is 0 Å². The van der Waals surface area contributed by atoms with Gasteiger partial charge >= 0.3 is 5.63 Å². The molecule has 2 heterocycles. The Morgan fingerprint density at radius 2 is 1.92 bits per heavy atom. The number of aromatic nitrogens is 2. The van der Waals surface area contributed by atoms with Crippen LogP contribution in [-0.4, -0.2) is 18.4 Å². The largest absolute Gasteiger partial charge is 0.422 e. The van der Waals surface area contributed by atoms with Gasteiger partial charge in [0.25, 0.3) is 10.0 Å². The number of halogens is 1. The highest BCUT2D eigenvalue weighted by molar-refractivity contribution is 9.10. The summed E-state index contributed by atoms with van der Waals surface area (Å²) in [6.07, 6.45) is 0. The number of anilines is 1. The van der Waals surface area contributed by atoms with Crippen molar-refractivity contribution < 1.29 is 12.8 Å². The average molecular weight is 420 g/mol. The average Bonchev–Trinajstić information content (AvgIpc) is 2.96. The second kappa shape index (κ2) is 5.71. The van der Waals surface area contributed by atoms with Crippen molar-refractivity contribution in [3.63, 3.8) is 0 Å². The lowest BCUT2D eigenvalue weighted by molar-refractivity contribution is 0.556. The third-order valence-corrected chi connectivity index (χ3v) is 5.48. The zero-order valence-electron chi connectivity index (χ0n) is 12.5. The first kappa shape index (κ1) is 15.9. The van der Waals surface area contributed by atoms with E-state index in [2.05, 4.69) is 30.6 Å². The maximum absolute atomic E-state index is 12.6. The first-order valence-electron chi connectivity index (χ1n) is 7.13. The molecule has 0 atom stereocenters. The second-order valence-corrected chi connectivity index (χ2v) is 7.83. The van der Waals surface area contributed by atoms with Crippen molar-refractivity contribution in [2.45, 2.75) is 4.90 Å². The normalized spacial score (nSPS) is 11.9. The Bertz CT molecular complexity index is 1240. The van der Waals surface area contributed by atoms with Crippen molar-refractivity contribution >= 4 is 53.9 Å². The van der Waals surface area contributed by atoms with E-state index in [0.29, 0.717) is 16.5 Å². The number of imidazole rings is 1. The molecule has 2 aromatic carbocycles. The minimum absolute atomic E-state index is 0.0289. The summed E-state index contributed by atoms with van der Waals surface area (Å²) >= 11 is 3.08. The molecule has 126 valence electrons. The zero-order valence-corrected chi connectivity index (χ0v) is 14.9. The number of fused-ring (bicyclic) bond motifs is 2. The van der Waals surface area contributed by atoms with Crippen LogP contribution in [-0.2, 0) is 10.0 Å². The Morgan fingerprint density at radius 1 is 1.12 bits per heavy atom. The van der Waals surface area contributed by atoms with Crippen LogP contribution < -0.4 is 10.3 Å². The molecule has 0 spiro atoms. The van der Waals surface area contributed by atoms with Gasteiger partial charge in [-0.05, 0) is 52.3 Å². The molecule has 2 N–H and O–H groups in total. The summed E-state index contributed by atoms with van der Waals surface area (Å²) in [6, 6.07) is 13.0. The van der Waals surface area contributed by atoms with E-state index in [1.54, 1.807) is 12.1 Å². The van der Waals surface area contributed by atoms with E-state index < -0.39 is 15.6 Å². The highest BCUT2D eigenvalue weighted by atomic mass is 79.9. The lowest BCUT2D eigenvalue weighted by Gasteiger charge is -2.06. The Morgan fingerprint density at radius 3 is 2.72 bits per heavy atom. The zero-order chi connectivity index (χ0) is 17.6. The lowest BCUT2D eigenvalue weighted by Crippen LogP contribution is -2.14. The van der Waals surface area contributed by atoms with Crippen molar-refractivity contribution in [2.75, 3.05) is 4.72 Å². The summed E-state index contributed by atoms with van der Waals surface area (Å²) in [7, 11) is -3.85. The molecule has 0 aliphatic heterocycles. The fraction of sp³-hybridized carbons (Fsp3) is 0. The maximum atomic E-state index is 12.6. The molecule has 0 radical (unpaired) electrons. The molecule has 0 saturated carbocycles. The Kier molecular flexibility index (Phi) is 3.62. The second-order valence-electron chi connectivity index (χ2n) is 5.29. The smallest absolute Gasteiger partial charge is 0.350 e. The van der Waals surface area contributed by atoms with Gasteiger partial charge < -0.3 is 9.40 Å². The van der Waals surface area contributed by atoms with Gasteiger partial charge in [0.05, 0.1) is 15.9 Å². The Hall–Kier alpha value is -2.65. The fourth-order valence-corrected chi connectivity index (χ4v) is 3.76. The van der Waals surface area contributed by atoms with Gasteiger partial charge in [0.2, 0.25) is 5.95 Å². The number of aromatic amines is 1. The summed E-state index contributed by atoms with van der Waals surface area (Å²) in [6.45, 7) is 0. The van der Waals surface area contributed by atoms with E-state index in [-0.39, 0.29) is 15.3 Å². The SMILES string of the molecule is O=c1oc2ccc(S(=O)(=O)Nc3nc4ccccc4[nH]3)cc2cc1Br. The van der Waals surface area contributed by atoms with E-state index in [0.717, 1.165) is 5.52 Å². The number of H-pyrrole nitrogens is 1. The number of nitrogens with zero attached hydrogens (tertiary/aromatic N) is 1. The molecule has 7 nitrogen and oxygen atoms in total. The molecule has 0 amide bonds. The fourth-order valence-electron chi connectivity index (χ4n) is 2.43. The molecule has 25 heavy (non-hydrogen) atoms. The highest BCUT2D eigenvalue weighted by Crippen LogP contribution is 2.22. The predicted octanol–water partition coefficient (Wildman–Crippen LogP) is 3.23. The number of sulfonamides is 1. The summed E-state index contributed by atoms with van der Waals surface area (Å²) in [5, 5.41) is 0.485. The van der Waals surface area contributed by atoms with Crippen molar-refractivity contribution in [2.24, 2.45) is 0 Å². The van der Waals surface area contributed by atoms with Crippen LogP contribution in [0.4, 0.5) is 5.95 Å².